The molecular weight excluding hydrogens is 1760 g/mol. The summed E-state index contributed by atoms with van der Waals surface area (Å²) in [6, 6.07) is 37.7. The number of aromatic nitrogens is 4. The van der Waals surface area contributed by atoms with E-state index in [1.807, 2.05) is 100 Å². The molecule has 0 bridgehead atoms. The number of nitro groups is 4. The predicted octanol–water partition coefficient (Wildman–Crippen LogP) is 18.9. The summed E-state index contributed by atoms with van der Waals surface area (Å²) in [6.07, 6.45) is 5.73. The fraction of sp³-hybridized carbons (Fsp3) is 0.437. The number of carbonyl (C=O) groups excluding carboxylic acids is 5. The molecule has 0 unspecified atom stereocenters. The number of anilines is 5. The van der Waals surface area contributed by atoms with Gasteiger partial charge in [0.2, 0.25) is 10.6 Å². The van der Waals surface area contributed by atoms with E-state index in [-0.39, 0.29) is 51.8 Å². The third-order valence-corrected chi connectivity index (χ3v) is 14.7. The number of phenolic OH excluding ortho intramolecular Hbond substituents is 1. The number of hydrogen-bond acceptors (Lipinski definition) is 31. The number of unbranched alkanes of at least 4 members (excludes halogenated alkanes) is 1. The van der Waals surface area contributed by atoms with E-state index in [0.717, 1.165) is 41.5 Å². The van der Waals surface area contributed by atoms with Gasteiger partial charge >= 0.3 is 30.5 Å². The van der Waals surface area contributed by atoms with E-state index in [1.54, 1.807) is 115 Å². The van der Waals surface area contributed by atoms with Crippen molar-refractivity contribution in [3.8, 4) is 23.0 Å². The Bertz CT molecular complexity index is 4590. The molecule has 0 radical (unpaired) electrons. The highest BCUT2D eigenvalue weighted by molar-refractivity contribution is 6.32. The van der Waals surface area contributed by atoms with Crippen molar-refractivity contribution >= 4 is 117 Å². The largest absolute Gasteiger partial charge is 0.508 e. The van der Waals surface area contributed by atoms with Crippen LogP contribution in [0.15, 0.2) is 158 Å². The zero-order valence-corrected chi connectivity index (χ0v) is 78.8. The van der Waals surface area contributed by atoms with Crippen LogP contribution in [-0.4, -0.2) is 167 Å². The van der Waals surface area contributed by atoms with E-state index in [9.17, 15) is 64.4 Å². The third-order valence-electron chi connectivity index (χ3n) is 14.0. The number of ether oxygens (including phenoxy) is 8. The summed E-state index contributed by atoms with van der Waals surface area (Å²) in [6.45, 7) is 37.1. The summed E-state index contributed by atoms with van der Waals surface area (Å²) in [4.78, 5) is 111. The van der Waals surface area contributed by atoms with Gasteiger partial charge in [-0.15, -0.1) is 0 Å². The topological polar surface area (TPSA) is 574 Å². The van der Waals surface area contributed by atoms with Crippen LogP contribution in [-0.2, 0) is 23.7 Å². The van der Waals surface area contributed by atoms with E-state index in [2.05, 4.69) is 58.8 Å². The van der Waals surface area contributed by atoms with Gasteiger partial charge in [-0.05, 0) is 222 Å². The number of phenols is 1. The molecule has 5 amide bonds. The van der Waals surface area contributed by atoms with Gasteiger partial charge in [0.25, 0.3) is 22.7 Å². The van der Waals surface area contributed by atoms with Crippen molar-refractivity contribution in [1.82, 2.24) is 46.5 Å². The minimum Gasteiger partial charge on any atom is -0.508 e. The zero-order valence-electron chi connectivity index (χ0n) is 76.5. The molecule has 2 aromatic heterocycles. The minimum atomic E-state index is -0.556. The Morgan fingerprint density at radius 2 is 0.700 bits per heavy atom. The highest BCUT2D eigenvalue weighted by Crippen LogP contribution is 2.25. The van der Waals surface area contributed by atoms with Crippen molar-refractivity contribution in [3.63, 3.8) is 0 Å². The fourth-order valence-corrected chi connectivity index (χ4v) is 8.93. The van der Waals surface area contributed by atoms with Crippen molar-refractivity contribution in [2.24, 2.45) is 0 Å². The van der Waals surface area contributed by atoms with Crippen LogP contribution in [0.1, 0.15) is 160 Å². The Morgan fingerprint density at radius 3 is 1.02 bits per heavy atom. The number of nitrogen functional groups attached to an aromatic ring is 3. The van der Waals surface area contributed by atoms with Crippen LogP contribution in [0.2, 0.25) is 15.7 Å². The maximum atomic E-state index is 11.4. The highest BCUT2D eigenvalue weighted by atomic mass is 35.5. The second kappa shape index (κ2) is 62.0. The molecule has 14 N–H and O–H groups in total. The molecular formula is C87H124Cl3N17O23. The molecule has 8 rings (SSSR count). The Labute approximate surface area is 772 Å². The van der Waals surface area contributed by atoms with Gasteiger partial charge in [-0.3, -0.25) is 40.5 Å². The standard InChI is InChI=1S/C14H20N2O5.2C14H22N2O3.C11H9ClN4O2.C9H19NO2.C8H17NO3.C6H6N2O2.C6H5NO3.C5H4Cl2N2/c1-14(2,3)21-13(17)15-8-5-9-20-12-7-4-6-11(10-12)16(18)19;2*1-14(2,3)19-13(17)16-8-5-9-18-12-7-4-6-11(15)10-12;1-7-6-13-11(12)15-10(7)14-8-3-2-4-9(5-8)16(17)18;1-5-6-7-10-8(11)12-9(2,3)4;1-8(2,3)12-7(11)9-5-4-6-10;7-5-2-1-3-6(4-5)8(9)10;8-6-3-1-2-5(4-6)7(9)10;1-3-2-8-5(7)9-4(3)6/h4,6-7,10H,5,8-9H2,1-3H3,(H,15,17);2*4,6-7,10H,5,8-9,15H2,1-3H3,(H,16,17);2-6H,1H3,(H,13,14,15);5-7H2,1-4H3,(H,10,11);10H,4-6H2,1-3H3,(H,9,11);1-4H,7H2;1-4,8H;2H,1H3. The first-order valence-corrected chi connectivity index (χ1v) is 41.6. The first-order chi connectivity index (χ1) is 60.6. The minimum absolute atomic E-state index is 0.0119. The first kappa shape index (κ1) is 117. The smallest absolute Gasteiger partial charge is 0.407 e. The van der Waals surface area contributed by atoms with Crippen molar-refractivity contribution in [2.75, 3.05) is 81.7 Å². The summed E-state index contributed by atoms with van der Waals surface area (Å²) in [7, 11) is 0. The van der Waals surface area contributed by atoms with E-state index in [1.165, 1.54) is 54.6 Å². The van der Waals surface area contributed by atoms with Crippen molar-refractivity contribution in [3.05, 3.63) is 225 Å². The van der Waals surface area contributed by atoms with Crippen LogP contribution in [0.5, 0.6) is 23.0 Å². The number of aromatic hydroxyl groups is 1. The number of rotatable bonds is 27. The second-order valence-electron chi connectivity index (χ2n) is 31.9. The molecule has 0 aliphatic heterocycles. The second-order valence-corrected chi connectivity index (χ2v) is 33.0. The number of nitro benzene ring substituents is 4. The van der Waals surface area contributed by atoms with Gasteiger partial charge < -0.3 is 97.2 Å². The van der Waals surface area contributed by atoms with Crippen molar-refractivity contribution in [1.29, 1.82) is 0 Å². The van der Waals surface area contributed by atoms with Crippen molar-refractivity contribution in [2.45, 2.75) is 191 Å². The van der Waals surface area contributed by atoms with Gasteiger partial charge in [-0.1, -0.05) is 61.3 Å². The number of nitrogens with zero attached hydrogens (tertiary/aromatic N) is 8. The lowest BCUT2D eigenvalue weighted by Crippen LogP contribution is -2.33. The lowest BCUT2D eigenvalue weighted by atomic mass is 10.2. The number of alkyl carbamates (subject to hydrolysis) is 5. The number of benzene rings is 6. The molecule has 0 atom stereocenters. The average molecular weight is 1880 g/mol. The van der Waals surface area contributed by atoms with Crippen LogP contribution >= 0.6 is 34.8 Å². The molecule has 0 aliphatic carbocycles. The molecule has 6 aromatic carbocycles. The van der Waals surface area contributed by atoms with E-state index in [4.69, 9.17) is 100 Å². The van der Waals surface area contributed by atoms with Crippen LogP contribution in [0, 0.1) is 54.3 Å². The molecule has 0 fully saturated rings. The number of hydrogen-bond donors (Lipinski definition) is 11. The fourth-order valence-electron chi connectivity index (χ4n) is 8.49. The van der Waals surface area contributed by atoms with Crippen molar-refractivity contribution < 1.29 is 91.8 Å². The maximum absolute atomic E-state index is 11.4. The third kappa shape index (κ3) is 64.4. The van der Waals surface area contributed by atoms with Crippen LogP contribution in [0.3, 0.4) is 0 Å². The number of nitrogens with two attached hydrogens (primary N) is 3. The Morgan fingerprint density at radius 1 is 0.400 bits per heavy atom. The number of aliphatic hydroxyl groups is 1. The van der Waals surface area contributed by atoms with Crippen LogP contribution in [0.4, 0.5) is 75.3 Å². The number of aliphatic hydroxyl groups excluding tert-OH is 1. The monoisotopic (exact) mass is 1880 g/mol. The number of aryl methyl sites for hydroxylation is 2. The Balaban J connectivity index is 0.00000146. The summed E-state index contributed by atoms with van der Waals surface area (Å²) >= 11 is 16.7. The van der Waals surface area contributed by atoms with Gasteiger partial charge in [0.15, 0.2) is 0 Å². The normalized spacial score (nSPS) is 10.4. The van der Waals surface area contributed by atoms with E-state index >= 15 is 0 Å². The Kier molecular flexibility index (Phi) is 55.6. The number of non-ortho nitro benzene ring substituents is 4. The average Bonchev–Trinajstić information content (AvgIpc) is 0.851. The molecule has 0 saturated heterocycles. The van der Waals surface area contributed by atoms with Gasteiger partial charge in [0, 0.05) is 134 Å². The molecule has 0 saturated carbocycles. The quantitative estimate of drug-likeness (QED) is 0.00433. The molecule has 716 valence electrons. The lowest BCUT2D eigenvalue weighted by molar-refractivity contribution is -0.385. The summed E-state index contributed by atoms with van der Waals surface area (Å²) in [5.74, 6) is 2.33. The number of carbonyl (C=O) groups is 5. The number of halogens is 3. The van der Waals surface area contributed by atoms with Gasteiger partial charge in [-0.2, -0.15) is 0 Å². The molecule has 8 aromatic rings. The zero-order chi connectivity index (χ0) is 98.8. The molecule has 0 spiro atoms. The molecule has 130 heavy (non-hydrogen) atoms. The van der Waals surface area contributed by atoms with Crippen LogP contribution < -0.4 is 63.3 Å². The number of nitrogens with one attached hydrogen (secondary N) is 6. The lowest BCUT2D eigenvalue weighted by Gasteiger charge is -2.19. The van der Waals surface area contributed by atoms with Gasteiger partial charge in [0.1, 0.15) is 62.0 Å². The first-order valence-electron chi connectivity index (χ1n) is 40.5. The SMILES string of the molecule is CC(C)(C)OC(=O)NCCCO.CC(C)(C)OC(=O)NCCCOc1cccc(N)c1.CC(C)(C)OC(=O)NCCCOc1cccc(N)c1.CC(C)(C)OC(=O)NCCCOc1cccc([N+](=O)[O-])c1.CCCCNC(=O)OC(C)(C)C.Cc1cnc(Cl)nc1Cl.Cc1cnc(Cl)nc1Nc1cccc([N+](=O)[O-])c1.Nc1cccc([N+](=O)[O-])c1.O=[N+]([O-])c1cccc(O)c1. The summed E-state index contributed by atoms with van der Waals surface area (Å²) < 4.78 is 41.7. The maximum Gasteiger partial charge on any atom is 0.407 e. The van der Waals surface area contributed by atoms with E-state index < -0.39 is 72.1 Å². The summed E-state index contributed by atoms with van der Waals surface area (Å²) in [5, 5.41) is 75.4. The summed E-state index contributed by atoms with van der Waals surface area (Å²) in [5.41, 5.74) is 18.1. The number of amides is 5. The molecule has 40 nitrogen and oxygen atoms in total. The van der Waals surface area contributed by atoms with E-state index in [0.29, 0.717) is 118 Å². The highest BCUT2D eigenvalue weighted by Gasteiger charge is 2.21. The van der Waals surface area contributed by atoms with Crippen LogP contribution in [0.25, 0.3) is 0 Å². The Hall–Kier alpha value is -13.3. The molecule has 2 heterocycles. The molecule has 0 aliphatic rings. The van der Waals surface area contributed by atoms with Gasteiger partial charge in [0.05, 0.1) is 51.6 Å². The molecule has 43 heteroatoms. The predicted molar refractivity (Wildman–Crippen MR) is 500 cm³/mol. The van der Waals surface area contributed by atoms with Gasteiger partial charge in [-0.25, -0.2) is 43.9 Å².